The van der Waals surface area contributed by atoms with E-state index in [-0.39, 0.29) is 12.1 Å². The number of rotatable bonds is 7. The van der Waals surface area contributed by atoms with Crippen LogP contribution >= 0.6 is 0 Å². The molecule has 3 fully saturated rings. The highest BCUT2D eigenvalue weighted by Gasteiger charge is 2.59. The van der Waals surface area contributed by atoms with E-state index < -0.39 is 0 Å². The van der Waals surface area contributed by atoms with E-state index in [4.69, 9.17) is 4.74 Å². The number of esters is 1. The van der Waals surface area contributed by atoms with E-state index in [1.807, 2.05) is 6.92 Å². The Morgan fingerprint density at radius 2 is 1.84 bits per heavy atom. The van der Waals surface area contributed by atoms with Crippen LogP contribution in [0.1, 0.15) is 119 Å². The van der Waals surface area contributed by atoms with E-state index in [9.17, 15) is 4.79 Å². The molecule has 2 heteroatoms. The molecule has 2 nitrogen and oxygen atoms in total. The number of carbonyl (C=O) groups is 1. The minimum absolute atomic E-state index is 0.0270. The zero-order valence-electron chi connectivity index (χ0n) is 21.9. The standard InChI is InChI=1S/C30H50O2/c1-7-28(31)32-23-15-17-29(5)22(19-23)11-12-24-26-14-13-25(21(4)10-8-9-20(2)3)30(26,6)18-16-27(24)29/h11,20-21,23-27H,7-10,12-19H2,1-6H3/t21-,23+,24-,25+,26+,27+,29-,30-/m0/s1. The average Bonchev–Trinajstić information content (AvgIpc) is 3.11. The Labute approximate surface area is 198 Å². The van der Waals surface area contributed by atoms with Gasteiger partial charge in [0.15, 0.2) is 0 Å². The third-order valence-electron chi connectivity index (χ3n) is 10.8. The van der Waals surface area contributed by atoms with E-state index in [0.717, 1.165) is 48.3 Å². The van der Waals surface area contributed by atoms with Gasteiger partial charge in [-0.3, -0.25) is 4.79 Å². The van der Waals surface area contributed by atoms with Crippen molar-refractivity contribution < 1.29 is 9.53 Å². The maximum absolute atomic E-state index is 11.9. The quantitative estimate of drug-likeness (QED) is 0.292. The molecule has 0 heterocycles. The van der Waals surface area contributed by atoms with Gasteiger partial charge in [0.2, 0.25) is 0 Å². The van der Waals surface area contributed by atoms with Crippen molar-refractivity contribution in [2.75, 3.05) is 0 Å². The van der Waals surface area contributed by atoms with Crippen LogP contribution < -0.4 is 0 Å². The fourth-order valence-corrected chi connectivity index (χ4v) is 9.02. The maximum Gasteiger partial charge on any atom is 0.305 e. The van der Waals surface area contributed by atoms with E-state index in [1.54, 1.807) is 5.57 Å². The first kappa shape index (κ1) is 24.3. The molecule has 4 rings (SSSR count). The van der Waals surface area contributed by atoms with E-state index in [1.165, 1.54) is 57.8 Å². The predicted octanol–water partition coefficient (Wildman–Crippen LogP) is 8.35. The second-order valence-corrected chi connectivity index (χ2v) is 13.0. The van der Waals surface area contributed by atoms with Crippen LogP contribution in [-0.4, -0.2) is 12.1 Å². The third kappa shape index (κ3) is 4.34. The molecule has 3 saturated carbocycles. The molecule has 4 aliphatic rings. The van der Waals surface area contributed by atoms with Gasteiger partial charge < -0.3 is 4.74 Å². The molecule has 0 aliphatic heterocycles. The Morgan fingerprint density at radius 3 is 2.56 bits per heavy atom. The minimum atomic E-state index is -0.0270. The van der Waals surface area contributed by atoms with Crippen LogP contribution in [0.5, 0.6) is 0 Å². The average molecular weight is 443 g/mol. The van der Waals surface area contributed by atoms with E-state index >= 15 is 0 Å². The van der Waals surface area contributed by atoms with Gasteiger partial charge in [0.1, 0.15) is 6.10 Å². The SMILES string of the molecule is CCC(=O)O[C@@H]1CC[C@@]2(C)C(=CC[C@H]3[C@H]4CC[C@H]([C@@H](C)CCCC(C)C)[C@]4(C)CC[C@H]32)C1. The molecule has 4 aliphatic carbocycles. The second kappa shape index (κ2) is 9.46. The summed E-state index contributed by atoms with van der Waals surface area (Å²) < 4.78 is 5.76. The number of allylic oxidation sites excluding steroid dienone is 1. The number of hydrogen-bond donors (Lipinski definition) is 0. The lowest BCUT2D eigenvalue weighted by Gasteiger charge is -2.58. The van der Waals surface area contributed by atoms with Crippen molar-refractivity contribution in [3.63, 3.8) is 0 Å². The van der Waals surface area contributed by atoms with Crippen molar-refractivity contribution in [3.05, 3.63) is 11.6 Å². The van der Waals surface area contributed by atoms with Crippen LogP contribution in [0.4, 0.5) is 0 Å². The first-order valence-corrected chi connectivity index (χ1v) is 14.1. The normalized spacial score (nSPS) is 42.0. The van der Waals surface area contributed by atoms with Crippen LogP contribution in [0.25, 0.3) is 0 Å². The molecule has 182 valence electrons. The van der Waals surface area contributed by atoms with Gasteiger partial charge in [0.25, 0.3) is 0 Å². The van der Waals surface area contributed by atoms with Gasteiger partial charge in [-0.15, -0.1) is 0 Å². The fourth-order valence-electron chi connectivity index (χ4n) is 9.02. The molecule has 0 aromatic heterocycles. The highest BCUT2D eigenvalue weighted by molar-refractivity contribution is 5.69. The number of ether oxygens (including phenoxy) is 1. The molecule has 0 amide bonds. The number of carbonyl (C=O) groups excluding carboxylic acids is 1. The molecule has 0 N–H and O–H groups in total. The summed E-state index contributed by atoms with van der Waals surface area (Å²) in [6.45, 7) is 14.5. The topological polar surface area (TPSA) is 26.3 Å². The predicted molar refractivity (Wildman–Crippen MR) is 133 cm³/mol. The van der Waals surface area contributed by atoms with Gasteiger partial charge in [-0.1, -0.05) is 72.5 Å². The molecule has 0 unspecified atom stereocenters. The summed E-state index contributed by atoms with van der Waals surface area (Å²) in [6, 6.07) is 0. The Balaban J connectivity index is 1.45. The van der Waals surface area contributed by atoms with E-state index in [0.29, 0.717) is 17.3 Å². The summed E-state index contributed by atoms with van der Waals surface area (Å²) in [6.07, 6.45) is 17.8. The molecule has 8 atom stereocenters. The summed E-state index contributed by atoms with van der Waals surface area (Å²) in [5.74, 6) is 5.28. The molecule has 32 heavy (non-hydrogen) atoms. The number of hydrogen-bond acceptors (Lipinski definition) is 2. The smallest absolute Gasteiger partial charge is 0.305 e. The molecular formula is C30H50O2. The summed E-state index contributed by atoms with van der Waals surface area (Å²) >= 11 is 0. The Bertz CT molecular complexity index is 708. The monoisotopic (exact) mass is 442 g/mol. The molecule has 0 spiro atoms. The lowest BCUT2D eigenvalue weighted by atomic mass is 9.47. The van der Waals surface area contributed by atoms with Gasteiger partial charge in [0.05, 0.1) is 0 Å². The van der Waals surface area contributed by atoms with Gasteiger partial charge in [-0.25, -0.2) is 0 Å². The molecule has 0 aromatic carbocycles. The first-order valence-electron chi connectivity index (χ1n) is 14.1. The zero-order valence-corrected chi connectivity index (χ0v) is 21.9. The Kier molecular flexibility index (Phi) is 7.19. The second-order valence-electron chi connectivity index (χ2n) is 13.0. The molecule has 0 bridgehead atoms. The van der Waals surface area contributed by atoms with Gasteiger partial charge >= 0.3 is 5.97 Å². The van der Waals surface area contributed by atoms with Crippen LogP contribution in [0.3, 0.4) is 0 Å². The van der Waals surface area contributed by atoms with Crippen molar-refractivity contribution in [1.82, 2.24) is 0 Å². The molecule has 0 radical (unpaired) electrons. The fraction of sp³-hybridized carbons (Fsp3) is 0.900. The number of fused-ring (bicyclic) bond motifs is 5. The van der Waals surface area contributed by atoms with Crippen LogP contribution in [0, 0.1) is 46.3 Å². The summed E-state index contributed by atoms with van der Waals surface area (Å²) in [5, 5.41) is 0. The molecular weight excluding hydrogens is 392 g/mol. The van der Waals surface area contributed by atoms with Crippen LogP contribution in [0.2, 0.25) is 0 Å². The molecule has 0 aromatic rings. The van der Waals surface area contributed by atoms with Crippen LogP contribution in [-0.2, 0) is 9.53 Å². The highest BCUT2D eigenvalue weighted by atomic mass is 16.5. The lowest BCUT2D eigenvalue weighted by molar-refractivity contribution is -0.151. The largest absolute Gasteiger partial charge is 0.462 e. The first-order chi connectivity index (χ1) is 15.2. The lowest BCUT2D eigenvalue weighted by Crippen LogP contribution is -2.51. The summed E-state index contributed by atoms with van der Waals surface area (Å²) in [4.78, 5) is 11.9. The van der Waals surface area contributed by atoms with E-state index in [2.05, 4.69) is 40.7 Å². The maximum atomic E-state index is 11.9. The Morgan fingerprint density at radius 1 is 1.06 bits per heavy atom. The van der Waals surface area contributed by atoms with Gasteiger partial charge in [-0.05, 0) is 91.3 Å². The Hall–Kier alpha value is -0.790. The van der Waals surface area contributed by atoms with Crippen LogP contribution in [0.15, 0.2) is 11.6 Å². The summed E-state index contributed by atoms with van der Waals surface area (Å²) in [7, 11) is 0. The van der Waals surface area contributed by atoms with Crippen molar-refractivity contribution in [3.8, 4) is 0 Å². The van der Waals surface area contributed by atoms with Gasteiger partial charge in [-0.2, -0.15) is 0 Å². The van der Waals surface area contributed by atoms with Crippen molar-refractivity contribution in [2.24, 2.45) is 46.3 Å². The molecule has 0 saturated heterocycles. The third-order valence-corrected chi connectivity index (χ3v) is 10.8. The summed E-state index contributed by atoms with van der Waals surface area (Å²) in [5.41, 5.74) is 2.54. The van der Waals surface area contributed by atoms with Gasteiger partial charge in [0, 0.05) is 12.8 Å². The zero-order chi connectivity index (χ0) is 23.1. The highest BCUT2D eigenvalue weighted by Crippen LogP contribution is 2.67. The van der Waals surface area contributed by atoms with Crippen molar-refractivity contribution >= 4 is 5.97 Å². The van der Waals surface area contributed by atoms with Crippen molar-refractivity contribution in [2.45, 2.75) is 125 Å². The van der Waals surface area contributed by atoms with Crippen molar-refractivity contribution in [1.29, 1.82) is 0 Å². The minimum Gasteiger partial charge on any atom is -0.462 e.